The molecule has 3 fully saturated rings. The highest BCUT2D eigenvalue weighted by Crippen LogP contribution is 2.40. The monoisotopic (exact) mass is 1080 g/mol. The van der Waals surface area contributed by atoms with E-state index in [2.05, 4.69) is 10.0 Å². The summed E-state index contributed by atoms with van der Waals surface area (Å²) in [6.07, 6.45) is -24.7. The predicted molar refractivity (Wildman–Crippen MR) is 244 cm³/mol. The van der Waals surface area contributed by atoms with Gasteiger partial charge in [0.2, 0.25) is 0 Å². The molecule has 0 saturated carbocycles. The lowest BCUT2D eigenvalue weighted by Gasteiger charge is -2.50. The Morgan fingerprint density at radius 2 is 0.870 bits per heavy atom. The van der Waals surface area contributed by atoms with E-state index in [1.165, 1.54) is 48.5 Å². The maximum Gasteiger partial charge on any atom is 0.303 e. The van der Waals surface area contributed by atoms with Gasteiger partial charge < -0.3 is 61.9 Å². The van der Waals surface area contributed by atoms with E-state index in [1.54, 1.807) is 0 Å². The smallest absolute Gasteiger partial charge is 0.303 e. The second-order valence-corrected chi connectivity index (χ2v) is 17.8. The molecule has 0 aliphatic carbocycles. The minimum atomic E-state index is -2.20. The number of carbonyl (C=O) groups is 11. The summed E-state index contributed by atoms with van der Waals surface area (Å²) < 4.78 is 69.6. The highest BCUT2D eigenvalue weighted by Gasteiger charge is 2.61. The van der Waals surface area contributed by atoms with Gasteiger partial charge in [-0.25, -0.2) is 0 Å². The molecule has 4 amide bonds. The average molecular weight is 1080 g/mol. The summed E-state index contributed by atoms with van der Waals surface area (Å²) in [7, 11) is 0. The maximum absolute atomic E-state index is 14.3. The van der Waals surface area contributed by atoms with Crippen molar-refractivity contribution in [1.82, 2.24) is 9.80 Å². The molecule has 1 N–H and O–H groups in total. The molecule has 29 nitrogen and oxygen atoms in total. The summed E-state index contributed by atoms with van der Waals surface area (Å²) in [5.41, 5.74) is 9.33. The predicted octanol–water partition coefficient (Wildman–Crippen LogP) is 0.348. The van der Waals surface area contributed by atoms with Crippen molar-refractivity contribution >= 4 is 65.4 Å². The molecule has 0 spiro atoms. The SMILES string of the molecule is CC(=O)OC[C@H]1O[C@@H](OC[C@H]2O[C@@H](N=[N+]=[N-])[C@H](OC(C)=O)[C@@H](O[C@@H]3O[C@H](COC(C)=O)[C@@H](OC(C)=O)[C@H](OC(C)=O)[C@H]3N3C(=O)c4ccccc4C3=O)[C@H]2O)[C@H](N2C(=O)c3ccccc3C2=O)[C@@H](OC(C)=O)[C@@H]1OC(C)=O. The molecular weight excluding hydrogens is 1030 g/mol. The van der Waals surface area contributed by atoms with Gasteiger partial charge in [-0.2, -0.15) is 0 Å². The van der Waals surface area contributed by atoms with Gasteiger partial charge in [0.25, 0.3) is 23.6 Å². The van der Waals surface area contributed by atoms with Gasteiger partial charge in [-0.15, -0.1) is 0 Å². The van der Waals surface area contributed by atoms with Crippen LogP contribution in [0.15, 0.2) is 53.6 Å². The number of aliphatic hydroxyl groups excluding tert-OH is 1. The van der Waals surface area contributed by atoms with Crippen LogP contribution in [-0.4, -0.2) is 192 Å². The number of hydrogen-bond donors (Lipinski definition) is 1. The van der Waals surface area contributed by atoms with Gasteiger partial charge >= 0.3 is 41.8 Å². The van der Waals surface area contributed by atoms with Gasteiger partial charge in [-0.3, -0.25) is 62.5 Å². The lowest BCUT2D eigenvalue weighted by molar-refractivity contribution is -0.335. The maximum atomic E-state index is 14.3. The van der Waals surface area contributed by atoms with Gasteiger partial charge in [0.15, 0.2) is 49.3 Å². The van der Waals surface area contributed by atoms with Crippen LogP contribution in [0.2, 0.25) is 0 Å². The van der Waals surface area contributed by atoms with E-state index in [1.807, 2.05) is 0 Å². The molecule has 2 aromatic carbocycles. The Bertz CT molecular complexity index is 2700. The van der Waals surface area contributed by atoms with Crippen LogP contribution in [0.5, 0.6) is 0 Å². The molecule has 5 aliphatic heterocycles. The van der Waals surface area contributed by atoms with Crippen molar-refractivity contribution < 1.29 is 115 Å². The summed E-state index contributed by atoms with van der Waals surface area (Å²) in [6.45, 7) is 4.45. The first kappa shape index (κ1) is 56.8. The fraction of sp³-hybridized carbons (Fsp3) is 0.521. The molecular formula is C48H51N5O24. The number of azide groups is 1. The fourth-order valence-electron chi connectivity index (χ4n) is 9.53. The van der Waals surface area contributed by atoms with Crippen molar-refractivity contribution in [3.8, 4) is 0 Å². The molecule has 412 valence electrons. The average Bonchev–Trinajstić information content (AvgIpc) is 3.78. The van der Waals surface area contributed by atoms with Gasteiger partial charge in [0.05, 0.1) is 28.9 Å². The molecule has 0 radical (unpaired) electrons. The molecule has 0 bridgehead atoms. The van der Waals surface area contributed by atoms with Gasteiger partial charge in [-0.1, -0.05) is 29.4 Å². The Balaban J connectivity index is 1.32. The van der Waals surface area contributed by atoms with Crippen molar-refractivity contribution in [3.63, 3.8) is 0 Å². The summed E-state index contributed by atoms with van der Waals surface area (Å²) >= 11 is 0. The van der Waals surface area contributed by atoms with E-state index in [9.17, 15) is 63.4 Å². The third-order valence-corrected chi connectivity index (χ3v) is 12.4. The molecule has 5 heterocycles. The standard InChI is InChI=1S/C48H51N5O24/c1-19(54)66-17-31-36(69-21(3)56)38(71-23(5)58)33(52-43(62)26-12-8-9-13-27(26)44(52)63)47(75-31)68-16-30-35(61)40(41(73-25(7)60)42(74-30)50-51-49)77-48-34(53-45(64)28-14-10-11-15-29(28)46(53)65)39(72-24(6)59)37(70-22(4)57)32(76-48)18-67-20(2)55/h8-15,30-42,47-48,61H,16-18H2,1-7H3/t30-,31-,32-,33-,34-,35+,36-,37-,38-,39-,40+,41-,42-,47-,48+/m1/s1. The number of hydrogen-bond acceptors (Lipinski definition) is 25. The second kappa shape index (κ2) is 24.0. The molecule has 15 atom stereocenters. The molecule has 5 aliphatic rings. The van der Waals surface area contributed by atoms with Crippen molar-refractivity contribution in [2.75, 3.05) is 19.8 Å². The quantitative estimate of drug-likeness (QED) is 0.0557. The Kier molecular flexibility index (Phi) is 17.7. The zero-order valence-electron chi connectivity index (χ0n) is 42.0. The first-order valence-corrected chi connectivity index (χ1v) is 23.5. The van der Waals surface area contributed by atoms with Crippen LogP contribution in [0.1, 0.15) is 89.9 Å². The number of amides is 4. The van der Waals surface area contributed by atoms with E-state index in [4.69, 9.17) is 56.8 Å². The molecule has 29 heteroatoms. The third-order valence-electron chi connectivity index (χ3n) is 12.4. The van der Waals surface area contributed by atoms with Crippen LogP contribution in [-0.2, 0) is 90.4 Å². The minimum absolute atomic E-state index is 0.0988. The summed E-state index contributed by atoms with van der Waals surface area (Å²) in [5.74, 6) is -10.7. The molecule has 0 aromatic heterocycles. The number of fused-ring (bicyclic) bond motifs is 2. The second-order valence-electron chi connectivity index (χ2n) is 17.8. The van der Waals surface area contributed by atoms with Crippen LogP contribution in [0.4, 0.5) is 0 Å². The third kappa shape index (κ3) is 12.2. The van der Waals surface area contributed by atoms with E-state index in [-0.39, 0.29) is 22.3 Å². The lowest BCUT2D eigenvalue weighted by atomic mass is 9.93. The lowest BCUT2D eigenvalue weighted by Crippen LogP contribution is -2.70. The number of rotatable bonds is 17. The van der Waals surface area contributed by atoms with Crippen molar-refractivity contribution in [3.05, 3.63) is 81.2 Å². The Morgan fingerprint density at radius 1 is 0.506 bits per heavy atom. The van der Waals surface area contributed by atoms with E-state index >= 15 is 0 Å². The van der Waals surface area contributed by atoms with E-state index in [0.717, 1.165) is 48.5 Å². The van der Waals surface area contributed by atoms with Crippen LogP contribution in [0.3, 0.4) is 0 Å². The zero-order valence-corrected chi connectivity index (χ0v) is 42.0. The van der Waals surface area contributed by atoms with Crippen molar-refractivity contribution in [2.24, 2.45) is 5.11 Å². The zero-order chi connectivity index (χ0) is 56.2. The number of ether oxygens (including phenoxy) is 12. The van der Waals surface area contributed by atoms with E-state index < -0.39 is 177 Å². The normalized spacial score (nSPS) is 30.5. The van der Waals surface area contributed by atoms with Gasteiger partial charge in [-0.05, 0) is 29.8 Å². The van der Waals surface area contributed by atoms with Crippen LogP contribution < -0.4 is 0 Å². The minimum Gasteiger partial charge on any atom is -0.463 e. The first-order valence-electron chi connectivity index (χ1n) is 23.5. The molecule has 7 rings (SSSR count). The Hall–Kier alpha value is -7.92. The number of benzene rings is 2. The largest absolute Gasteiger partial charge is 0.463 e. The number of esters is 7. The summed E-state index contributed by atoms with van der Waals surface area (Å²) in [5, 5.41) is 16.1. The van der Waals surface area contributed by atoms with Crippen molar-refractivity contribution in [2.45, 2.75) is 140 Å². The number of aliphatic hydroxyl groups is 1. The Morgan fingerprint density at radius 3 is 1.25 bits per heavy atom. The number of nitrogens with zero attached hydrogens (tertiary/aromatic N) is 5. The topological polar surface area (TPSA) is 374 Å². The first-order chi connectivity index (χ1) is 36.5. The highest BCUT2D eigenvalue weighted by molar-refractivity contribution is 6.22. The Labute approximate surface area is 435 Å². The fourth-order valence-corrected chi connectivity index (χ4v) is 9.53. The van der Waals surface area contributed by atoms with E-state index in [0.29, 0.717) is 9.80 Å². The summed E-state index contributed by atoms with van der Waals surface area (Å²) in [4.78, 5) is 149. The number of carbonyl (C=O) groups excluding carboxylic acids is 11. The molecule has 77 heavy (non-hydrogen) atoms. The van der Waals surface area contributed by atoms with Crippen LogP contribution in [0.25, 0.3) is 10.4 Å². The highest BCUT2D eigenvalue weighted by atomic mass is 16.7. The van der Waals surface area contributed by atoms with Crippen LogP contribution in [0, 0.1) is 0 Å². The molecule has 3 saturated heterocycles. The van der Waals surface area contributed by atoms with Crippen LogP contribution >= 0.6 is 0 Å². The molecule has 2 aromatic rings. The molecule has 0 unspecified atom stereocenters. The van der Waals surface area contributed by atoms with Crippen molar-refractivity contribution in [1.29, 1.82) is 0 Å². The number of imide groups is 2. The van der Waals surface area contributed by atoms with Gasteiger partial charge in [0, 0.05) is 53.4 Å². The van der Waals surface area contributed by atoms with Gasteiger partial charge in [0.1, 0.15) is 55.8 Å². The summed E-state index contributed by atoms with van der Waals surface area (Å²) in [6, 6.07) is 7.29.